The van der Waals surface area contributed by atoms with Gasteiger partial charge in [-0.2, -0.15) is 0 Å². The quantitative estimate of drug-likeness (QED) is 0.776. The molecule has 0 spiro atoms. The average Bonchev–Trinajstić information content (AvgIpc) is 2.34. The molecule has 3 heteroatoms. The maximum Gasteiger partial charge on any atom is 0.0917 e. The Labute approximate surface area is 109 Å². The van der Waals surface area contributed by atoms with E-state index in [-0.39, 0.29) is 6.61 Å². The molecule has 0 saturated heterocycles. The molecule has 0 heterocycles. The molecule has 1 unspecified atom stereocenters. The van der Waals surface area contributed by atoms with Crippen molar-refractivity contribution in [1.82, 2.24) is 4.90 Å². The van der Waals surface area contributed by atoms with E-state index >= 15 is 0 Å². The summed E-state index contributed by atoms with van der Waals surface area (Å²) in [7, 11) is 0. The predicted octanol–water partition coefficient (Wildman–Crippen LogP) is 1.96. The maximum atomic E-state index is 10.3. The maximum absolute atomic E-state index is 10.3. The molecule has 1 atom stereocenters. The molecule has 2 N–H and O–H groups in total. The lowest BCUT2D eigenvalue weighted by atomic mass is 9.91. The van der Waals surface area contributed by atoms with E-state index in [9.17, 15) is 5.11 Å². The van der Waals surface area contributed by atoms with Gasteiger partial charge in [0.15, 0.2) is 0 Å². The van der Waals surface area contributed by atoms with Crippen LogP contribution in [0, 0.1) is 0 Å². The summed E-state index contributed by atoms with van der Waals surface area (Å²) < 4.78 is 0. The second-order valence-electron chi connectivity index (χ2n) is 5.08. The second kappa shape index (κ2) is 6.88. The van der Waals surface area contributed by atoms with Crippen molar-refractivity contribution in [3.63, 3.8) is 0 Å². The van der Waals surface area contributed by atoms with Gasteiger partial charge in [-0.05, 0) is 24.8 Å². The van der Waals surface area contributed by atoms with E-state index in [1.807, 2.05) is 30.3 Å². The Balaban J connectivity index is 1.90. The monoisotopic (exact) mass is 249 g/mol. The van der Waals surface area contributed by atoms with Crippen molar-refractivity contribution in [2.75, 3.05) is 19.7 Å². The number of nitrogens with zero attached hydrogens (tertiary/aromatic N) is 1. The summed E-state index contributed by atoms with van der Waals surface area (Å²) in [6, 6.07) is 10.4. The molecule has 0 amide bonds. The van der Waals surface area contributed by atoms with Crippen LogP contribution in [-0.2, 0) is 0 Å². The fraction of sp³-hybridized carbons (Fsp3) is 0.600. The lowest BCUT2D eigenvalue weighted by molar-refractivity contribution is 0.0536. The number of aliphatic hydroxyl groups excluding tert-OH is 2. The largest absolute Gasteiger partial charge is 0.396 e. The van der Waals surface area contributed by atoms with Gasteiger partial charge in [-0.3, -0.25) is 4.90 Å². The SMILES string of the molecule is OCCCN(CC(O)c1ccccc1)C1CCC1. The van der Waals surface area contributed by atoms with Crippen molar-refractivity contribution >= 4 is 0 Å². The topological polar surface area (TPSA) is 43.7 Å². The molecule has 2 rings (SSSR count). The molecule has 100 valence electrons. The molecule has 1 saturated carbocycles. The van der Waals surface area contributed by atoms with Gasteiger partial charge in [0.2, 0.25) is 0 Å². The van der Waals surface area contributed by atoms with E-state index in [0.717, 1.165) is 18.5 Å². The summed E-state index contributed by atoms with van der Waals surface area (Å²) in [6.45, 7) is 1.78. The van der Waals surface area contributed by atoms with Crippen LogP contribution in [0.4, 0.5) is 0 Å². The predicted molar refractivity (Wildman–Crippen MR) is 72.3 cm³/mol. The summed E-state index contributed by atoms with van der Waals surface area (Å²) in [5.41, 5.74) is 0.978. The molecule has 0 aromatic heterocycles. The van der Waals surface area contributed by atoms with Crippen molar-refractivity contribution in [2.45, 2.75) is 37.8 Å². The van der Waals surface area contributed by atoms with Gasteiger partial charge in [0.05, 0.1) is 6.10 Å². The molecule has 1 aromatic carbocycles. The van der Waals surface area contributed by atoms with Gasteiger partial charge in [0.1, 0.15) is 0 Å². The lowest BCUT2D eigenvalue weighted by Crippen LogP contribution is -2.43. The van der Waals surface area contributed by atoms with Crippen LogP contribution in [0.2, 0.25) is 0 Å². The van der Waals surface area contributed by atoms with Gasteiger partial charge in [0, 0.05) is 25.7 Å². The van der Waals surface area contributed by atoms with E-state index < -0.39 is 6.10 Å². The Bertz CT molecular complexity index is 338. The van der Waals surface area contributed by atoms with Gasteiger partial charge in [0.25, 0.3) is 0 Å². The minimum atomic E-state index is -0.425. The van der Waals surface area contributed by atoms with Crippen LogP contribution < -0.4 is 0 Å². The highest BCUT2D eigenvalue weighted by molar-refractivity contribution is 5.17. The normalized spacial score (nSPS) is 17.7. The van der Waals surface area contributed by atoms with E-state index in [1.54, 1.807) is 0 Å². The smallest absolute Gasteiger partial charge is 0.0917 e. The molecule has 0 bridgehead atoms. The minimum absolute atomic E-state index is 0.227. The van der Waals surface area contributed by atoms with Gasteiger partial charge in [-0.1, -0.05) is 36.8 Å². The van der Waals surface area contributed by atoms with Crippen molar-refractivity contribution in [1.29, 1.82) is 0 Å². The van der Waals surface area contributed by atoms with Crippen molar-refractivity contribution in [2.24, 2.45) is 0 Å². The van der Waals surface area contributed by atoms with Crippen LogP contribution in [0.1, 0.15) is 37.4 Å². The zero-order valence-electron chi connectivity index (χ0n) is 10.8. The van der Waals surface area contributed by atoms with E-state index in [0.29, 0.717) is 12.6 Å². The van der Waals surface area contributed by atoms with Crippen LogP contribution in [-0.4, -0.2) is 40.9 Å². The number of hydrogen-bond acceptors (Lipinski definition) is 3. The molecule has 0 aliphatic heterocycles. The molecule has 1 fully saturated rings. The Morgan fingerprint density at radius 2 is 1.94 bits per heavy atom. The third kappa shape index (κ3) is 3.55. The number of aliphatic hydroxyl groups is 2. The van der Waals surface area contributed by atoms with Gasteiger partial charge >= 0.3 is 0 Å². The fourth-order valence-corrected chi connectivity index (χ4v) is 2.45. The van der Waals surface area contributed by atoms with Gasteiger partial charge in [-0.15, -0.1) is 0 Å². The molecular formula is C15H23NO2. The number of hydrogen-bond donors (Lipinski definition) is 2. The fourth-order valence-electron chi connectivity index (χ4n) is 2.45. The van der Waals surface area contributed by atoms with Crippen LogP contribution in [0.3, 0.4) is 0 Å². The van der Waals surface area contributed by atoms with Crippen LogP contribution >= 0.6 is 0 Å². The molecular weight excluding hydrogens is 226 g/mol. The molecule has 3 nitrogen and oxygen atoms in total. The standard InChI is InChI=1S/C15H23NO2/c17-11-5-10-16(14-8-4-9-14)12-15(18)13-6-2-1-3-7-13/h1-3,6-7,14-15,17-18H,4-5,8-12H2. The van der Waals surface area contributed by atoms with Crippen molar-refractivity contribution in [3.8, 4) is 0 Å². The van der Waals surface area contributed by atoms with Crippen LogP contribution in [0.25, 0.3) is 0 Å². The van der Waals surface area contributed by atoms with E-state index in [2.05, 4.69) is 4.90 Å². The average molecular weight is 249 g/mol. The Morgan fingerprint density at radius 1 is 1.22 bits per heavy atom. The summed E-state index contributed by atoms with van der Waals surface area (Å²) >= 11 is 0. The summed E-state index contributed by atoms with van der Waals surface area (Å²) in [4.78, 5) is 2.33. The molecule has 1 aliphatic carbocycles. The Hall–Kier alpha value is -0.900. The van der Waals surface area contributed by atoms with Crippen LogP contribution in [0.15, 0.2) is 30.3 Å². The second-order valence-corrected chi connectivity index (χ2v) is 5.08. The molecule has 1 aliphatic rings. The summed E-state index contributed by atoms with van der Waals surface area (Å²) in [6.07, 6.45) is 4.12. The highest BCUT2D eigenvalue weighted by atomic mass is 16.3. The van der Waals surface area contributed by atoms with Crippen molar-refractivity contribution in [3.05, 3.63) is 35.9 Å². The third-order valence-electron chi connectivity index (χ3n) is 3.79. The first-order chi connectivity index (χ1) is 8.81. The number of benzene rings is 1. The summed E-state index contributed by atoms with van der Waals surface area (Å²) in [5, 5.41) is 19.2. The third-order valence-corrected chi connectivity index (χ3v) is 3.79. The first-order valence-corrected chi connectivity index (χ1v) is 6.89. The van der Waals surface area contributed by atoms with E-state index in [4.69, 9.17) is 5.11 Å². The molecule has 1 aromatic rings. The Kier molecular flexibility index (Phi) is 5.17. The zero-order valence-corrected chi connectivity index (χ0v) is 10.8. The molecule has 0 radical (unpaired) electrons. The lowest BCUT2D eigenvalue weighted by Gasteiger charge is -2.38. The van der Waals surface area contributed by atoms with Gasteiger partial charge < -0.3 is 10.2 Å². The van der Waals surface area contributed by atoms with Gasteiger partial charge in [-0.25, -0.2) is 0 Å². The minimum Gasteiger partial charge on any atom is -0.396 e. The molecule has 18 heavy (non-hydrogen) atoms. The first-order valence-electron chi connectivity index (χ1n) is 6.89. The highest BCUT2D eigenvalue weighted by Gasteiger charge is 2.26. The summed E-state index contributed by atoms with van der Waals surface area (Å²) in [5.74, 6) is 0. The highest BCUT2D eigenvalue weighted by Crippen LogP contribution is 2.27. The zero-order chi connectivity index (χ0) is 12.8. The Morgan fingerprint density at radius 3 is 2.50 bits per heavy atom. The van der Waals surface area contributed by atoms with Crippen molar-refractivity contribution < 1.29 is 10.2 Å². The van der Waals surface area contributed by atoms with E-state index in [1.165, 1.54) is 19.3 Å². The number of rotatable bonds is 7. The van der Waals surface area contributed by atoms with Crippen LogP contribution in [0.5, 0.6) is 0 Å². The first kappa shape index (κ1) is 13.5.